The summed E-state index contributed by atoms with van der Waals surface area (Å²) in [5, 5.41) is 10.4. The third kappa shape index (κ3) is 1.54. The zero-order valence-electron chi connectivity index (χ0n) is 11.5. The fourth-order valence-electron chi connectivity index (χ4n) is 3.33. The van der Waals surface area contributed by atoms with Crippen LogP contribution < -0.4 is 0 Å². The SMILES string of the molecule is C[C@H]1c2ccccc2-c2nc3ccccc3c(C(=O)O)c21. The van der Waals surface area contributed by atoms with Crippen molar-refractivity contribution in [2.24, 2.45) is 0 Å². The van der Waals surface area contributed by atoms with Crippen LogP contribution >= 0.6 is 0 Å². The van der Waals surface area contributed by atoms with E-state index in [2.05, 4.69) is 6.07 Å². The van der Waals surface area contributed by atoms with Crippen LogP contribution in [-0.4, -0.2) is 16.1 Å². The van der Waals surface area contributed by atoms with E-state index in [4.69, 9.17) is 4.98 Å². The second-order valence-corrected chi connectivity index (χ2v) is 5.38. The van der Waals surface area contributed by atoms with Gasteiger partial charge in [-0.1, -0.05) is 49.4 Å². The zero-order chi connectivity index (χ0) is 14.6. The predicted molar refractivity (Wildman–Crippen MR) is 81.7 cm³/mol. The van der Waals surface area contributed by atoms with Crippen molar-refractivity contribution >= 4 is 16.9 Å². The third-order valence-electron chi connectivity index (χ3n) is 4.26. The van der Waals surface area contributed by atoms with Crippen LogP contribution in [0.5, 0.6) is 0 Å². The number of rotatable bonds is 1. The van der Waals surface area contributed by atoms with Crippen LogP contribution in [-0.2, 0) is 0 Å². The normalized spacial score (nSPS) is 15.8. The van der Waals surface area contributed by atoms with Crippen molar-refractivity contribution in [3.05, 3.63) is 65.2 Å². The molecule has 21 heavy (non-hydrogen) atoms. The Bertz CT molecular complexity index is 899. The average molecular weight is 275 g/mol. The van der Waals surface area contributed by atoms with E-state index in [1.165, 1.54) is 0 Å². The highest BCUT2D eigenvalue weighted by molar-refractivity contribution is 6.07. The lowest BCUT2D eigenvalue weighted by molar-refractivity contribution is 0.0697. The van der Waals surface area contributed by atoms with Crippen molar-refractivity contribution in [3.8, 4) is 11.3 Å². The molecule has 1 atom stereocenters. The van der Waals surface area contributed by atoms with E-state index in [9.17, 15) is 9.90 Å². The smallest absolute Gasteiger partial charge is 0.336 e. The molecule has 1 heterocycles. The van der Waals surface area contributed by atoms with Crippen molar-refractivity contribution in [3.63, 3.8) is 0 Å². The van der Waals surface area contributed by atoms with E-state index >= 15 is 0 Å². The van der Waals surface area contributed by atoms with Crippen LogP contribution in [0.4, 0.5) is 0 Å². The van der Waals surface area contributed by atoms with Gasteiger partial charge in [0, 0.05) is 22.4 Å². The molecule has 1 N–H and O–H groups in total. The molecule has 0 saturated heterocycles. The van der Waals surface area contributed by atoms with E-state index < -0.39 is 5.97 Å². The molecule has 1 aliphatic carbocycles. The van der Waals surface area contributed by atoms with E-state index in [-0.39, 0.29) is 5.92 Å². The molecule has 3 aromatic rings. The van der Waals surface area contributed by atoms with Gasteiger partial charge in [0.25, 0.3) is 0 Å². The third-order valence-corrected chi connectivity index (χ3v) is 4.26. The number of hydrogen-bond donors (Lipinski definition) is 1. The number of fused-ring (bicyclic) bond motifs is 4. The summed E-state index contributed by atoms with van der Waals surface area (Å²) in [5.74, 6) is -0.830. The Morgan fingerprint density at radius 1 is 1.10 bits per heavy atom. The maximum absolute atomic E-state index is 11.8. The van der Waals surface area contributed by atoms with Crippen LogP contribution in [0.2, 0.25) is 0 Å². The molecule has 0 saturated carbocycles. The van der Waals surface area contributed by atoms with Gasteiger partial charge in [-0.3, -0.25) is 0 Å². The molecular weight excluding hydrogens is 262 g/mol. The second kappa shape index (κ2) is 4.16. The number of aromatic nitrogens is 1. The number of pyridine rings is 1. The predicted octanol–water partition coefficient (Wildman–Crippen LogP) is 4.07. The zero-order valence-corrected chi connectivity index (χ0v) is 11.5. The first-order valence-corrected chi connectivity index (χ1v) is 6.93. The van der Waals surface area contributed by atoms with E-state index in [0.29, 0.717) is 10.9 Å². The van der Waals surface area contributed by atoms with Crippen LogP contribution in [0.15, 0.2) is 48.5 Å². The van der Waals surface area contributed by atoms with Gasteiger partial charge in [-0.15, -0.1) is 0 Å². The van der Waals surface area contributed by atoms with Gasteiger partial charge in [0.15, 0.2) is 0 Å². The summed E-state index contributed by atoms with van der Waals surface area (Å²) in [6.07, 6.45) is 0. The number of carbonyl (C=O) groups is 1. The van der Waals surface area contributed by atoms with Crippen LogP contribution in [0.25, 0.3) is 22.2 Å². The molecule has 0 bridgehead atoms. The second-order valence-electron chi connectivity index (χ2n) is 5.38. The number of hydrogen-bond acceptors (Lipinski definition) is 2. The Labute approximate surface area is 121 Å². The highest BCUT2D eigenvalue weighted by atomic mass is 16.4. The van der Waals surface area contributed by atoms with Gasteiger partial charge in [0.05, 0.1) is 16.8 Å². The van der Waals surface area contributed by atoms with Crippen molar-refractivity contribution in [2.45, 2.75) is 12.8 Å². The van der Waals surface area contributed by atoms with Crippen molar-refractivity contribution in [1.29, 1.82) is 0 Å². The number of carboxylic acid groups (broad SMARTS) is 1. The topological polar surface area (TPSA) is 50.2 Å². The molecule has 3 heteroatoms. The van der Waals surface area contributed by atoms with Gasteiger partial charge in [-0.2, -0.15) is 0 Å². The van der Waals surface area contributed by atoms with Gasteiger partial charge in [0.2, 0.25) is 0 Å². The Morgan fingerprint density at radius 2 is 1.81 bits per heavy atom. The first-order valence-electron chi connectivity index (χ1n) is 6.93. The minimum Gasteiger partial charge on any atom is -0.478 e. The first kappa shape index (κ1) is 12.1. The summed E-state index contributed by atoms with van der Waals surface area (Å²) in [7, 11) is 0. The molecule has 0 aliphatic heterocycles. The largest absolute Gasteiger partial charge is 0.478 e. The molecule has 0 spiro atoms. The molecule has 0 unspecified atom stereocenters. The lowest BCUT2D eigenvalue weighted by Crippen LogP contribution is -2.06. The fraction of sp³-hybridized carbons (Fsp3) is 0.111. The summed E-state index contributed by atoms with van der Waals surface area (Å²) in [4.78, 5) is 16.6. The first-order chi connectivity index (χ1) is 10.2. The lowest BCUT2D eigenvalue weighted by Gasteiger charge is -2.12. The molecule has 3 nitrogen and oxygen atoms in total. The Morgan fingerprint density at radius 3 is 2.62 bits per heavy atom. The van der Waals surface area contributed by atoms with Gasteiger partial charge in [-0.05, 0) is 11.6 Å². The highest BCUT2D eigenvalue weighted by Crippen LogP contribution is 2.46. The summed E-state index contributed by atoms with van der Waals surface area (Å²) < 4.78 is 0. The number of nitrogens with zero attached hydrogens (tertiary/aromatic N) is 1. The van der Waals surface area contributed by atoms with E-state index in [1.807, 2.05) is 49.4 Å². The maximum Gasteiger partial charge on any atom is 0.336 e. The number of carboxylic acids is 1. The lowest BCUT2D eigenvalue weighted by atomic mass is 9.93. The van der Waals surface area contributed by atoms with Crippen LogP contribution in [0.1, 0.15) is 34.3 Å². The molecule has 4 rings (SSSR count). The standard InChI is InChI=1S/C18H13NO2/c1-10-11-6-2-3-7-12(11)17-15(10)16(18(20)21)13-8-4-5-9-14(13)19-17/h2-10H,1H3,(H,20,21)/t10-/m0/s1. The summed E-state index contributed by atoms with van der Waals surface area (Å²) in [5.41, 5.74) is 4.97. The van der Waals surface area contributed by atoms with Gasteiger partial charge in [0.1, 0.15) is 0 Å². The molecular formula is C18H13NO2. The molecule has 0 amide bonds. The summed E-state index contributed by atoms with van der Waals surface area (Å²) >= 11 is 0. The maximum atomic E-state index is 11.8. The van der Waals surface area contributed by atoms with Crippen LogP contribution in [0.3, 0.4) is 0 Å². The quantitative estimate of drug-likeness (QED) is 0.728. The minimum atomic E-state index is -0.885. The van der Waals surface area contributed by atoms with Crippen molar-refractivity contribution < 1.29 is 9.90 Å². The number of aromatic carboxylic acids is 1. The average Bonchev–Trinajstić information content (AvgIpc) is 2.78. The van der Waals surface area contributed by atoms with E-state index in [0.717, 1.165) is 27.9 Å². The van der Waals surface area contributed by atoms with Crippen LogP contribution in [0, 0.1) is 0 Å². The number of benzene rings is 2. The summed E-state index contributed by atoms with van der Waals surface area (Å²) in [6, 6.07) is 15.5. The van der Waals surface area contributed by atoms with Gasteiger partial charge < -0.3 is 5.11 Å². The monoisotopic (exact) mass is 275 g/mol. The molecule has 102 valence electrons. The number of para-hydroxylation sites is 1. The molecule has 0 fully saturated rings. The van der Waals surface area contributed by atoms with Crippen molar-refractivity contribution in [1.82, 2.24) is 4.98 Å². The molecule has 2 aromatic carbocycles. The Balaban J connectivity index is 2.19. The van der Waals surface area contributed by atoms with Gasteiger partial charge >= 0.3 is 5.97 Å². The molecule has 0 radical (unpaired) electrons. The summed E-state index contributed by atoms with van der Waals surface area (Å²) in [6.45, 7) is 2.05. The fourth-order valence-corrected chi connectivity index (χ4v) is 3.33. The molecule has 1 aliphatic rings. The minimum absolute atomic E-state index is 0.0550. The van der Waals surface area contributed by atoms with Crippen molar-refractivity contribution in [2.75, 3.05) is 0 Å². The van der Waals surface area contributed by atoms with Gasteiger partial charge in [-0.25, -0.2) is 9.78 Å². The van der Waals surface area contributed by atoms with E-state index in [1.54, 1.807) is 0 Å². The molecule has 1 aromatic heterocycles. The Hall–Kier alpha value is -2.68. The highest BCUT2D eigenvalue weighted by Gasteiger charge is 2.32. The Kier molecular flexibility index (Phi) is 2.39.